The average molecular weight is 303 g/mol. The normalized spacial score (nSPS) is 14.1. The summed E-state index contributed by atoms with van der Waals surface area (Å²) < 4.78 is 0.705. The molecule has 1 rings (SSSR count). The van der Waals surface area contributed by atoms with Crippen LogP contribution in [0.25, 0.3) is 0 Å². The molecular weight excluding hydrogens is 288 g/mol. The Morgan fingerprint density at radius 2 is 2.18 bits per heavy atom. The second-order valence-corrected chi connectivity index (χ2v) is 5.03. The van der Waals surface area contributed by atoms with Gasteiger partial charge in [-0.1, -0.05) is 15.9 Å². The second-order valence-electron chi connectivity index (χ2n) is 4.11. The Kier molecular flexibility index (Phi) is 4.50. The zero-order valence-corrected chi connectivity index (χ0v) is 11.0. The summed E-state index contributed by atoms with van der Waals surface area (Å²) in [6.45, 7) is 0.977. The molecule has 0 radical (unpaired) electrons. The lowest BCUT2D eigenvalue weighted by molar-refractivity contribution is 0.00320. The molecule has 0 aliphatic heterocycles. The van der Waals surface area contributed by atoms with Crippen LogP contribution in [0.1, 0.15) is 17.3 Å². The minimum absolute atomic E-state index is 0.0330. The molecule has 0 aliphatic rings. The lowest BCUT2D eigenvalue weighted by Crippen LogP contribution is -2.43. The molecule has 0 fully saturated rings. The van der Waals surface area contributed by atoms with Crippen LogP contribution in [0.5, 0.6) is 0 Å². The molecule has 0 spiro atoms. The van der Waals surface area contributed by atoms with E-state index in [9.17, 15) is 9.90 Å². The number of hydrogen-bond acceptors (Lipinski definition) is 4. The summed E-state index contributed by atoms with van der Waals surface area (Å²) in [5.74, 6) is -0.355. The molecule has 17 heavy (non-hydrogen) atoms. The number of aliphatic hydroxyl groups excluding tert-OH is 1. The van der Waals surface area contributed by atoms with Crippen molar-refractivity contribution in [2.45, 2.75) is 12.5 Å². The highest BCUT2D eigenvalue weighted by Crippen LogP contribution is 2.17. The summed E-state index contributed by atoms with van der Waals surface area (Å²) in [7, 11) is 0. The van der Waals surface area contributed by atoms with Gasteiger partial charge in [-0.15, -0.1) is 0 Å². The predicted octanol–water partition coefficient (Wildman–Crippen LogP) is 0.504. The van der Waals surface area contributed by atoms with E-state index in [4.69, 9.17) is 10.8 Å². The van der Waals surface area contributed by atoms with Crippen LogP contribution in [-0.4, -0.2) is 34.9 Å². The van der Waals surface area contributed by atoms with Crippen molar-refractivity contribution in [2.75, 3.05) is 18.9 Å². The first-order valence-electron chi connectivity index (χ1n) is 5.01. The molecule has 0 bridgehead atoms. The van der Waals surface area contributed by atoms with Crippen LogP contribution in [0.15, 0.2) is 22.7 Å². The van der Waals surface area contributed by atoms with Gasteiger partial charge in [0.15, 0.2) is 0 Å². The molecule has 0 aromatic heterocycles. The summed E-state index contributed by atoms with van der Waals surface area (Å²) in [6.07, 6.45) is 0. The van der Waals surface area contributed by atoms with E-state index in [0.29, 0.717) is 15.7 Å². The average Bonchev–Trinajstić information content (AvgIpc) is 2.24. The molecule has 1 aromatic carbocycles. The van der Waals surface area contributed by atoms with Gasteiger partial charge in [-0.25, -0.2) is 0 Å². The van der Waals surface area contributed by atoms with Crippen molar-refractivity contribution in [2.24, 2.45) is 0 Å². The van der Waals surface area contributed by atoms with E-state index in [2.05, 4.69) is 21.2 Å². The van der Waals surface area contributed by atoms with E-state index in [1.54, 1.807) is 12.1 Å². The minimum atomic E-state index is -1.33. The standard InChI is InChI=1S/C11H15BrN2O3/c1-11(17,6-15)5-14-10(16)7-2-8(12)4-9(13)3-7/h2-4,15,17H,5-6,13H2,1H3,(H,14,16). The maximum Gasteiger partial charge on any atom is 0.251 e. The number of amides is 1. The SMILES string of the molecule is CC(O)(CO)CNC(=O)c1cc(N)cc(Br)c1. The summed E-state index contributed by atoms with van der Waals surface area (Å²) in [4.78, 5) is 11.7. The highest BCUT2D eigenvalue weighted by atomic mass is 79.9. The summed E-state index contributed by atoms with van der Waals surface area (Å²) in [6, 6.07) is 4.84. The smallest absolute Gasteiger partial charge is 0.251 e. The van der Waals surface area contributed by atoms with Crippen molar-refractivity contribution in [3.8, 4) is 0 Å². The highest BCUT2D eigenvalue weighted by Gasteiger charge is 2.20. The van der Waals surface area contributed by atoms with Gasteiger partial charge in [0.25, 0.3) is 5.91 Å². The number of nitrogens with two attached hydrogens (primary N) is 1. The van der Waals surface area contributed by atoms with E-state index in [-0.39, 0.29) is 12.5 Å². The van der Waals surface area contributed by atoms with Gasteiger partial charge in [0.2, 0.25) is 0 Å². The number of anilines is 1. The molecule has 1 aromatic rings. The number of nitrogen functional groups attached to an aromatic ring is 1. The van der Waals surface area contributed by atoms with Gasteiger partial charge in [-0.3, -0.25) is 4.79 Å². The zero-order valence-electron chi connectivity index (χ0n) is 9.40. The molecule has 1 atom stereocenters. The topological polar surface area (TPSA) is 95.6 Å². The van der Waals surface area contributed by atoms with Crippen LogP contribution in [-0.2, 0) is 0 Å². The molecule has 5 N–H and O–H groups in total. The number of halogens is 1. The first-order chi connectivity index (χ1) is 7.84. The molecule has 6 heteroatoms. The predicted molar refractivity (Wildman–Crippen MR) is 68.6 cm³/mol. The third-order valence-corrected chi connectivity index (χ3v) is 2.61. The fraction of sp³-hybridized carbons (Fsp3) is 0.364. The van der Waals surface area contributed by atoms with Gasteiger partial charge in [0.1, 0.15) is 5.60 Å². The summed E-state index contributed by atoms with van der Waals surface area (Å²) in [5.41, 5.74) is 5.14. The van der Waals surface area contributed by atoms with E-state index < -0.39 is 12.2 Å². The minimum Gasteiger partial charge on any atom is -0.399 e. The number of hydrogen-bond donors (Lipinski definition) is 4. The van der Waals surface area contributed by atoms with Crippen LogP contribution in [0.4, 0.5) is 5.69 Å². The van der Waals surface area contributed by atoms with Crippen molar-refractivity contribution in [1.29, 1.82) is 0 Å². The quantitative estimate of drug-likeness (QED) is 0.609. The maximum absolute atomic E-state index is 11.7. The zero-order chi connectivity index (χ0) is 13.1. The Hall–Kier alpha value is -1.11. The fourth-order valence-electron chi connectivity index (χ4n) is 1.17. The number of nitrogens with one attached hydrogen (secondary N) is 1. The van der Waals surface area contributed by atoms with Crippen LogP contribution in [0, 0.1) is 0 Å². The molecule has 0 aliphatic carbocycles. The van der Waals surface area contributed by atoms with Crippen molar-refractivity contribution < 1.29 is 15.0 Å². The van der Waals surface area contributed by atoms with Gasteiger partial charge in [0.05, 0.1) is 6.61 Å². The first kappa shape index (κ1) is 14.0. The molecule has 0 heterocycles. The molecule has 0 saturated heterocycles. The van der Waals surface area contributed by atoms with Gasteiger partial charge in [0, 0.05) is 22.3 Å². The maximum atomic E-state index is 11.7. The number of rotatable bonds is 4. The number of carbonyl (C=O) groups is 1. The van der Waals surface area contributed by atoms with Crippen LogP contribution < -0.4 is 11.1 Å². The van der Waals surface area contributed by atoms with Crippen LogP contribution >= 0.6 is 15.9 Å². The summed E-state index contributed by atoms with van der Waals surface area (Å²) >= 11 is 3.24. The Balaban J connectivity index is 2.70. The molecule has 1 amide bonds. The van der Waals surface area contributed by atoms with Crippen LogP contribution in [0.3, 0.4) is 0 Å². The third-order valence-electron chi connectivity index (χ3n) is 2.15. The molecule has 5 nitrogen and oxygen atoms in total. The summed E-state index contributed by atoms with van der Waals surface area (Å²) in [5, 5.41) is 20.9. The largest absolute Gasteiger partial charge is 0.399 e. The molecule has 94 valence electrons. The van der Waals surface area contributed by atoms with E-state index in [1.165, 1.54) is 13.0 Å². The molecular formula is C11H15BrN2O3. The monoisotopic (exact) mass is 302 g/mol. The Bertz CT molecular complexity index is 401. The molecule has 0 saturated carbocycles. The molecule has 1 unspecified atom stereocenters. The van der Waals surface area contributed by atoms with Crippen LogP contribution in [0.2, 0.25) is 0 Å². The lowest BCUT2D eigenvalue weighted by Gasteiger charge is -2.20. The van der Waals surface area contributed by atoms with Crippen molar-refractivity contribution in [3.05, 3.63) is 28.2 Å². The van der Waals surface area contributed by atoms with Gasteiger partial charge in [-0.05, 0) is 25.1 Å². The number of aliphatic hydroxyl groups is 2. The lowest BCUT2D eigenvalue weighted by atomic mass is 10.1. The second kappa shape index (κ2) is 5.48. The van der Waals surface area contributed by atoms with Crippen molar-refractivity contribution >= 4 is 27.5 Å². The number of carbonyl (C=O) groups excluding carboxylic acids is 1. The van der Waals surface area contributed by atoms with E-state index in [0.717, 1.165) is 0 Å². The van der Waals surface area contributed by atoms with Gasteiger partial charge in [-0.2, -0.15) is 0 Å². The Morgan fingerprint density at radius 1 is 1.53 bits per heavy atom. The highest BCUT2D eigenvalue weighted by molar-refractivity contribution is 9.10. The van der Waals surface area contributed by atoms with E-state index in [1.807, 2.05) is 0 Å². The fourth-order valence-corrected chi connectivity index (χ4v) is 1.68. The number of benzene rings is 1. The van der Waals surface area contributed by atoms with Crippen molar-refractivity contribution in [1.82, 2.24) is 5.32 Å². The Morgan fingerprint density at radius 3 is 2.71 bits per heavy atom. The van der Waals surface area contributed by atoms with E-state index >= 15 is 0 Å². The first-order valence-corrected chi connectivity index (χ1v) is 5.81. The van der Waals surface area contributed by atoms with Gasteiger partial charge < -0.3 is 21.3 Å². The van der Waals surface area contributed by atoms with Gasteiger partial charge >= 0.3 is 0 Å². The Labute approximate surface area is 108 Å². The third kappa shape index (κ3) is 4.33. The van der Waals surface area contributed by atoms with Crippen molar-refractivity contribution in [3.63, 3.8) is 0 Å².